The van der Waals surface area contributed by atoms with Gasteiger partial charge in [-0.3, -0.25) is 4.79 Å². The van der Waals surface area contributed by atoms with Crippen molar-refractivity contribution in [1.29, 1.82) is 0 Å². The van der Waals surface area contributed by atoms with Crippen LogP contribution in [0.1, 0.15) is 81.8 Å². The Labute approximate surface area is 173 Å². The molecule has 5 heteroatoms. The number of ether oxygens (including phenoxy) is 1. The largest absolute Gasteiger partial charge is 0.508 e. The summed E-state index contributed by atoms with van der Waals surface area (Å²) in [6, 6.07) is 1.43. The quantitative estimate of drug-likeness (QED) is 0.393. The van der Waals surface area contributed by atoms with E-state index in [0.717, 1.165) is 22.3 Å². The number of phenolic OH excluding ortho intramolecular Hbond substituents is 2. The second kappa shape index (κ2) is 9.59. The fourth-order valence-electron chi connectivity index (χ4n) is 3.56. The third kappa shape index (κ3) is 4.44. The van der Waals surface area contributed by atoms with E-state index in [4.69, 9.17) is 4.74 Å². The van der Waals surface area contributed by atoms with Crippen molar-refractivity contribution >= 4 is 11.8 Å². The summed E-state index contributed by atoms with van der Waals surface area (Å²) in [7, 11) is 0. The number of benzene rings is 2. The van der Waals surface area contributed by atoms with Gasteiger partial charge >= 0.3 is 5.97 Å². The Kier molecular flexibility index (Phi) is 8.01. The zero-order valence-electron chi connectivity index (χ0n) is 18.9. The predicted molar refractivity (Wildman–Crippen MR) is 116 cm³/mol. The Hall–Kier alpha value is -2.82. The van der Waals surface area contributed by atoms with Crippen molar-refractivity contribution < 1.29 is 24.5 Å². The molecule has 29 heavy (non-hydrogen) atoms. The van der Waals surface area contributed by atoms with E-state index in [1.54, 1.807) is 6.92 Å². The van der Waals surface area contributed by atoms with Crippen LogP contribution >= 0.6 is 0 Å². The minimum atomic E-state index is -0.694. The average Bonchev–Trinajstić information content (AvgIpc) is 2.65. The first-order chi connectivity index (χ1) is 13.5. The SMILES string of the molecule is CC.CCc1c(C)c(C(C)=O)c(C)c(C)c1OC(=O)c1c(C)cc(O)c(C)c1O. The number of aryl methyl sites for hydroxylation is 1. The molecule has 0 bridgehead atoms. The summed E-state index contributed by atoms with van der Waals surface area (Å²) < 4.78 is 5.71. The van der Waals surface area contributed by atoms with E-state index >= 15 is 0 Å². The van der Waals surface area contributed by atoms with Gasteiger partial charge in [0.1, 0.15) is 22.8 Å². The Morgan fingerprint density at radius 1 is 0.897 bits per heavy atom. The van der Waals surface area contributed by atoms with Crippen molar-refractivity contribution in [2.75, 3.05) is 0 Å². The molecule has 0 atom stereocenters. The number of aromatic hydroxyl groups is 2. The van der Waals surface area contributed by atoms with Crippen molar-refractivity contribution in [2.45, 2.75) is 68.7 Å². The average molecular weight is 401 g/mol. The molecule has 0 fully saturated rings. The highest BCUT2D eigenvalue weighted by molar-refractivity contribution is 5.99. The van der Waals surface area contributed by atoms with Crippen LogP contribution in [0.15, 0.2) is 6.07 Å². The van der Waals surface area contributed by atoms with Gasteiger partial charge in [-0.25, -0.2) is 4.79 Å². The highest BCUT2D eigenvalue weighted by Gasteiger charge is 2.25. The van der Waals surface area contributed by atoms with Gasteiger partial charge in [0.15, 0.2) is 5.78 Å². The lowest BCUT2D eigenvalue weighted by Crippen LogP contribution is -2.16. The molecule has 0 aliphatic carbocycles. The van der Waals surface area contributed by atoms with Crippen LogP contribution in [0.2, 0.25) is 0 Å². The first kappa shape index (κ1) is 24.2. The van der Waals surface area contributed by atoms with Gasteiger partial charge in [0.05, 0.1) is 0 Å². The van der Waals surface area contributed by atoms with E-state index in [0.29, 0.717) is 23.3 Å². The monoisotopic (exact) mass is 400 g/mol. The normalized spacial score (nSPS) is 10.2. The molecule has 0 radical (unpaired) electrons. The lowest BCUT2D eigenvalue weighted by atomic mass is 9.89. The third-order valence-corrected chi connectivity index (χ3v) is 5.21. The van der Waals surface area contributed by atoms with E-state index in [2.05, 4.69) is 0 Å². The summed E-state index contributed by atoms with van der Waals surface area (Å²) in [6.45, 7) is 16.1. The molecule has 5 nitrogen and oxygen atoms in total. The Bertz CT molecular complexity index is 955. The maximum absolute atomic E-state index is 12.9. The van der Waals surface area contributed by atoms with Gasteiger partial charge in [0.2, 0.25) is 0 Å². The number of phenols is 2. The lowest BCUT2D eigenvalue weighted by molar-refractivity contribution is 0.0727. The van der Waals surface area contributed by atoms with E-state index < -0.39 is 5.97 Å². The van der Waals surface area contributed by atoms with E-state index in [1.165, 1.54) is 19.9 Å². The second-order valence-corrected chi connectivity index (χ2v) is 6.92. The first-order valence-electron chi connectivity index (χ1n) is 9.90. The van der Waals surface area contributed by atoms with Gasteiger partial charge in [-0.1, -0.05) is 20.8 Å². The molecular formula is C24H32O5. The molecule has 0 aromatic heterocycles. The summed E-state index contributed by atoms with van der Waals surface area (Å²) in [4.78, 5) is 24.9. The molecule has 0 aliphatic rings. The van der Waals surface area contributed by atoms with Gasteiger partial charge in [0, 0.05) is 11.1 Å². The molecule has 0 heterocycles. The van der Waals surface area contributed by atoms with Crippen LogP contribution in [-0.4, -0.2) is 22.0 Å². The van der Waals surface area contributed by atoms with Crippen LogP contribution in [0.5, 0.6) is 17.2 Å². The number of ketones is 1. The summed E-state index contributed by atoms with van der Waals surface area (Å²) in [5.74, 6) is -0.665. The zero-order chi connectivity index (χ0) is 22.6. The second-order valence-electron chi connectivity index (χ2n) is 6.92. The van der Waals surface area contributed by atoms with Gasteiger partial charge in [0.25, 0.3) is 0 Å². The van der Waals surface area contributed by atoms with Gasteiger partial charge < -0.3 is 14.9 Å². The van der Waals surface area contributed by atoms with Gasteiger partial charge in [-0.2, -0.15) is 0 Å². The van der Waals surface area contributed by atoms with E-state index in [-0.39, 0.29) is 28.4 Å². The highest BCUT2D eigenvalue weighted by Crippen LogP contribution is 2.37. The number of carbonyl (C=O) groups is 2. The highest BCUT2D eigenvalue weighted by atomic mass is 16.5. The topological polar surface area (TPSA) is 83.8 Å². The smallest absolute Gasteiger partial charge is 0.347 e. The van der Waals surface area contributed by atoms with Crippen molar-refractivity contribution in [3.63, 3.8) is 0 Å². The fourth-order valence-corrected chi connectivity index (χ4v) is 3.56. The number of Topliss-reactive ketones (excluding diaryl/α,β-unsaturated/α-hetero) is 1. The van der Waals surface area contributed by atoms with Crippen molar-refractivity contribution in [2.24, 2.45) is 0 Å². The number of hydrogen-bond acceptors (Lipinski definition) is 5. The van der Waals surface area contributed by atoms with Crippen molar-refractivity contribution in [3.8, 4) is 17.2 Å². The standard InChI is InChI=1S/C22H26O5.C2H6/c1-8-16-13(5)19(15(7)23)11(3)12(4)21(16)27-22(26)18-10(2)9-17(24)14(6)20(18)25;1-2/h9,24-25H,8H2,1-7H3;1-2H3. The van der Waals surface area contributed by atoms with E-state index in [1.807, 2.05) is 41.5 Å². The van der Waals surface area contributed by atoms with E-state index in [9.17, 15) is 19.8 Å². The Morgan fingerprint density at radius 2 is 1.45 bits per heavy atom. The molecule has 2 aromatic rings. The number of esters is 1. The minimum Gasteiger partial charge on any atom is -0.508 e. The predicted octanol–water partition coefficient (Wildman–Crippen LogP) is 5.65. The number of hydrogen-bond donors (Lipinski definition) is 2. The first-order valence-corrected chi connectivity index (χ1v) is 9.90. The molecule has 2 rings (SSSR count). The summed E-state index contributed by atoms with van der Waals surface area (Å²) in [6.07, 6.45) is 0.593. The lowest BCUT2D eigenvalue weighted by Gasteiger charge is -2.21. The van der Waals surface area contributed by atoms with Gasteiger partial charge in [-0.15, -0.1) is 0 Å². The molecule has 0 saturated carbocycles. The summed E-state index contributed by atoms with van der Waals surface area (Å²) in [5.41, 5.74) is 4.43. The van der Waals surface area contributed by atoms with Crippen LogP contribution < -0.4 is 4.74 Å². The number of rotatable bonds is 4. The van der Waals surface area contributed by atoms with Crippen molar-refractivity contribution in [1.82, 2.24) is 0 Å². The van der Waals surface area contributed by atoms with Crippen LogP contribution in [0.4, 0.5) is 0 Å². The minimum absolute atomic E-state index is 0.0247. The summed E-state index contributed by atoms with van der Waals surface area (Å²) in [5, 5.41) is 20.1. The van der Waals surface area contributed by atoms with Crippen LogP contribution in [-0.2, 0) is 6.42 Å². The third-order valence-electron chi connectivity index (χ3n) is 5.21. The molecule has 0 saturated heterocycles. The van der Waals surface area contributed by atoms with Gasteiger partial charge in [-0.05, 0) is 81.8 Å². The molecule has 0 spiro atoms. The molecule has 158 valence electrons. The number of carbonyl (C=O) groups excluding carboxylic acids is 2. The fraction of sp³-hybridized carbons (Fsp3) is 0.417. The zero-order valence-corrected chi connectivity index (χ0v) is 18.9. The Morgan fingerprint density at radius 3 is 1.93 bits per heavy atom. The molecule has 0 unspecified atom stereocenters. The molecule has 2 N–H and O–H groups in total. The molecule has 0 amide bonds. The summed E-state index contributed by atoms with van der Waals surface area (Å²) >= 11 is 0. The van der Waals surface area contributed by atoms with Crippen LogP contribution in [0.3, 0.4) is 0 Å². The molecule has 2 aromatic carbocycles. The molecule has 0 aliphatic heterocycles. The Balaban J connectivity index is 0.00000204. The molecular weight excluding hydrogens is 368 g/mol. The maximum atomic E-state index is 12.9. The maximum Gasteiger partial charge on any atom is 0.347 e. The van der Waals surface area contributed by atoms with Crippen LogP contribution in [0.25, 0.3) is 0 Å². The van der Waals surface area contributed by atoms with Crippen molar-refractivity contribution in [3.05, 3.63) is 50.6 Å². The van der Waals surface area contributed by atoms with Crippen LogP contribution in [0, 0.1) is 34.6 Å².